The first kappa shape index (κ1) is 17.9. The highest BCUT2D eigenvalue weighted by Gasteiger charge is 2.29. The summed E-state index contributed by atoms with van der Waals surface area (Å²) in [6.07, 6.45) is 0.931. The van der Waals surface area contributed by atoms with Crippen molar-refractivity contribution in [2.24, 2.45) is 0 Å². The molecule has 0 aliphatic carbocycles. The van der Waals surface area contributed by atoms with E-state index in [0.29, 0.717) is 24.2 Å². The Morgan fingerprint density at radius 3 is 2.81 bits per heavy atom. The minimum atomic E-state index is -0.789. The molecule has 2 aromatic rings. The fourth-order valence-electron chi connectivity index (χ4n) is 2.66. The molecule has 1 fully saturated rings. The van der Waals surface area contributed by atoms with Gasteiger partial charge in [0.05, 0.1) is 25.0 Å². The highest BCUT2D eigenvalue weighted by molar-refractivity contribution is 5.89. The lowest BCUT2D eigenvalue weighted by atomic mass is 10.2. The van der Waals surface area contributed by atoms with Crippen molar-refractivity contribution in [3.05, 3.63) is 52.3 Å². The number of esters is 1. The number of nitrogen functional groups attached to an aromatic ring is 1. The predicted molar refractivity (Wildman–Crippen MR) is 89.3 cm³/mol. The van der Waals surface area contributed by atoms with Crippen LogP contribution >= 0.6 is 0 Å². The van der Waals surface area contributed by atoms with Crippen molar-refractivity contribution in [3.63, 3.8) is 0 Å². The zero-order valence-electron chi connectivity index (χ0n) is 14.1. The quantitative estimate of drug-likeness (QED) is 0.803. The number of rotatable bonds is 5. The lowest BCUT2D eigenvalue weighted by Crippen LogP contribution is -2.29. The number of ether oxygens (including phenoxy) is 3. The molecule has 1 aliphatic heterocycles. The molecule has 8 nitrogen and oxygen atoms in total. The molecule has 0 radical (unpaired) electrons. The van der Waals surface area contributed by atoms with E-state index in [0.717, 1.165) is 10.8 Å². The highest BCUT2D eigenvalue weighted by atomic mass is 19.1. The van der Waals surface area contributed by atoms with E-state index in [2.05, 4.69) is 4.98 Å². The number of nitrogens with two attached hydrogens (primary N) is 1. The van der Waals surface area contributed by atoms with Crippen LogP contribution in [-0.4, -0.2) is 35.3 Å². The first-order chi connectivity index (χ1) is 12.5. The van der Waals surface area contributed by atoms with Crippen LogP contribution in [0.4, 0.5) is 10.2 Å². The van der Waals surface area contributed by atoms with Gasteiger partial charge in [-0.15, -0.1) is 0 Å². The number of nitrogens with zero attached hydrogens (tertiary/aromatic N) is 2. The van der Waals surface area contributed by atoms with Crippen LogP contribution in [0.15, 0.2) is 35.3 Å². The van der Waals surface area contributed by atoms with Crippen LogP contribution in [0.5, 0.6) is 5.75 Å². The topological polar surface area (TPSA) is 106 Å². The van der Waals surface area contributed by atoms with E-state index in [-0.39, 0.29) is 6.61 Å². The van der Waals surface area contributed by atoms with Gasteiger partial charge in [-0.3, -0.25) is 4.57 Å². The summed E-state index contributed by atoms with van der Waals surface area (Å²) >= 11 is 0. The molecule has 2 heterocycles. The van der Waals surface area contributed by atoms with Gasteiger partial charge in [0.25, 0.3) is 0 Å². The minimum Gasteiger partial charge on any atom is -0.497 e. The molecule has 0 bridgehead atoms. The fourth-order valence-corrected chi connectivity index (χ4v) is 2.66. The lowest BCUT2D eigenvalue weighted by molar-refractivity contribution is -0.0342. The predicted octanol–water partition coefficient (Wildman–Crippen LogP) is 1.51. The third-order valence-electron chi connectivity index (χ3n) is 4.06. The monoisotopic (exact) mass is 363 g/mol. The second-order valence-corrected chi connectivity index (χ2v) is 5.78. The van der Waals surface area contributed by atoms with Crippen LogP contribution in [0.3, 0.4) is 0 Å². The molecule has 26 heavy (non-hydrogen) atoms. The molecule has 0 saturated carbocycles. The van der Waals surface area contributed by atoms with Crippen molar-refractivity contribution in [1.29, 1.82) is 0 Å². The van der Waals surface area contributed by atoms with Crippen molar-refractivity contribution >= 4 is 11.8 Å². The minimum absolute atomic E-state index is 0.0288. The van der Waals surface area contributed by atoms with Gasteiger partial charge in [-0.2, -0.15) is 4.98 Å². The van der Waals surface area contributed by atoms with Crippen molar-refractivity contribution in [1.82, 2.24) is 9.55 Å². The Bertz CT molecular complexity index is 852. The number of carbonyl (C=O) groups excluding carboxylic acids is 1. The van der Waals surface area contributed by atoms with Crippen molar-refractivity contribution < 1.29 is 23.4 Å². The Balaban J connectivity index is 1.57. The van der Waals surface area contributed by atoms with Gasteiger partial charge < -0.3 is 19.9 Å². The average Bonchev–Trinajstić information content (AvgIpc) is 3.11. The summed E-state index contributed by atoms with van der Waals surface area (Å²) in [6.45, 7) is 0.0288. The number of halogens is 1. The summed E-state index contributed by atoms with van der Waals surface area (Å²) < 4.78 is 30.5. The first-order valence-electron chi connectivity index (χ1n) is 7.98. The van der Waals surface area contributed by atoms with Crippen LogP contribution in [0, 0.1) is 5.82 Å². The second kappa shape index (κ2) is 7.52. The molecule has 138 valence electrons. The molecule has 3 rings (SSSR count). The Hall–Kier alpha value is -2.94. The number of carbonyl (C=O) groups is 1. The molecule has 9 heteroatoms. The number of benzene rings is 1. The third kappa shape index (κ3) is 3.83. The molecular formula is C17H18FN3O5. The van der Waals surface area contributed by atoms with E-state index in [1.807, 2.05) is 0 Å². The van der Waals surface area contributed by atoms with Gasteiger partial charge in [0.15, 0.2) is 11.6 Å². The van der Waals surface area contributed by atoms with Crippen LogP contribution in [0.25, 0.3) is 0 Å². The van der Waals surface area contributed by atoms with Gasteiger partial charge >= 0.3 is 11.7 Å². The summed E-state index contributed by atoms with van der Waals surface area (Å²) in [7, 11) is 1.54. The first-order valence-corrected chi connectivity index (χ1v) is 7.98. The zero-order valence-corrected chi connectivity index (χ0v) is 14.1. The molecule has 1 aliphatic rings. The smallest absolute Gasteiger partial charge is 0.351 e. The lowest BCUT2D eigenvalue weighted by Gasteiger charge is -2.16. The van der Waals surface area contributed by atoms with Crippen molar-refractivity contribution in [2.75, 3.05) is 19.5 Å². The van der Waals surface area contributed by atoms with Gasteiger partial charge in [0.2, 0.25) is 0 Å². The van der Waals surface area contributed by atoms with Gasteiger partial charge in [0, 0.05) is 0 Å². The maximum atomic E-state index is 13.5. The highest BCUT2D eigenvalue weighted by Crippen LogP contribution is 2.27. The number of aromatic nitrogens is 2. The molecule has 0 unspecified atom stereocenters. The van der Waals surface area contributed by atoms with Gasteiger partial charge in [0.1, 0.15) is 18.6 Å². The molecule has 1 aromatic heterocycles. The molecule has 0 amide bonds. The molecule has 1 saturated heterocycles. The zero-order chi connectivity index (χ0) is 18.7. The van der Waals surface area contributed by atoms with E-state index in [1.165, 1.54) is 7.11 Å². The van der Waals surface area contributed by atoms with Crippen LogP contribution in [0.2, 0.25) is 0 Å². The van der Waals surface area contributed by atoms with Crippen molar-refractivity contribution in [2.45, 2.75) is 25.2 Å². The maximum absolute atomic E-state index is 13.5. The number of anilines is 1. The van der Waals surface area contributed by atoms with Crippen LogP contribution in [-0.2, 0) is 9.47 Å². The number of methoxy groups -OCH3 is 1. The summed E-state index contributed by atoms with van der Waals surface area (Å²) in [5.74, 6) is -1.09. The summed E-state index contributed by atoms with van der Waals surface area (Å²) in [5, 5.41) is 0. The standard InChI is InChI=1S/C17H18FN3O5/c1-24-11-4-2-10(3-5-11)16(22)25-9-12-6-7-14(26-12)21-8-13(18)15(19)20-17(21)23/h2-5,8,12,14H,6-7,9H2,1H3,(H2,19,20,23)/t12-,14+/m0/s1. The van der Waals surface area contributed by atoms with Gasteiger partial charge in [-0.1, -0.05) is 0 Å². The third-order valence-corrected chi connectivity index (χ3v) is 4.06. The Kier molecular flexibility index (Phi) is 5.17. The van der Waals surface area contributed by atoms with Crippen molar-refractivity contribution in [3.8, 4) is 5.75 Å². The molecule has 1 aromatic carbocycles. The maximum Gasteiger partial charge on any atom is 0.351 e. The fraction of sp³-hybridized carbons (Fsp3) is 0.353. The van der Waals surface area contributed by atoms with Gasteiger partial charge in [-0.05, 0) is 37.1 Å². The Morgan fingerprint density at radius 1 is 1.38 bits per heavy atom. The molecule has 2 atom stereocenters. The average molecular weight is 363 g/mol. The molecular weight excluding hydrogens is 345 g/mol. The van der Waals surface area contributed by atoms with Gasteiger partial charge in [-0.25, -0.2) is 14.0 Å². The number of hydrogen-bond acceptors (Lipinski definition) is 7. The Morgan fingerprint density at radius 2 is 2.12 bits per heavy atom. The summed E-state index contributed by atoms with van der Waals surface area (Å²) in [5.41, 5.74) is 4.96. The van der Waals surface area contributed by atoms with E-state index in [4.69, 9.17) is 19.9 Å². The van der Waals surface area contributed by atoms with Crippen LogP contribution < -0.4 is 16.2 Å². The largest absolute Gasteiger partial charge is 0.497 e. The van der Waals surface area contributed by atoms with Crippen LogP contribution in [0.1, 0.15) is 29.4 Å². The summed E-state index contributed by atoms with van der Waals surface area (Å²) in [6, 6.07) is 6.52. The SMILES string of the molecule is COc1ccc(C(=O)OC[C@@H]2CC[C@H](n3cc(F)c(N)nc3=O)O2)cc1. The van der Waals surface area contributed by atoms with E-state index < -0.39 is 35.6 Å². The Labute approximate surface area is 148 Å². The van der Waals surface area contributed by atoms with E-state index >= 15 is 0 Å². The number of hydrogen-bond donors (Lipinski definition) is 1. The normalized spacial score (nSPS) is 19.3. The van der Waals surface area contributed by atoms with E-state index in [1.54, 1.807) is 24.3 Å². The molecule has 2 N–H and O–H groups in total. The van der Waals surface area contributed by atoms with E-state index in [9.17, 15) is 14.0 Å². The second-order valence-electron chi connectivity index (χ2n) is 5.78. The molecule has 0 spiro atoms. The summed E-state index contributed by atoms with van der Waals surface area (Å²) in [4.78, 5) is 27.3.